The molecular formula is C18H15ClFN3O5S. The van der Waals surface area contributed by atoms with Crippen LogP contribution in [0.1, 0.15) is 10.4 Å². The number of esters is 1. The number of hydrogen-bond acceptors (Lipinski definition) is 5. The highest BCUT2D eigenvalue weighted by Gasteiger charge is 2.25. The summed E-state index contributed by atoms with van der Waals surface area (Å²) in [6, 6.07) is 8.78. The van der Waals surface area contributed by atoms with Crippen molar-refractivity contribution >= 4 is 40.2 Å². The monoisotopic (exact) mass is 439 g/mol. The van der Waals surface area contributed by atoms with E-state index in [2.05, 4.69) is 9.84 Å². The fourth-order valence-corrected chi connectivity index (χ4v) is 3.31. The summed E-state index contributed by atoms with van der Waals surface area (Å²) < 4.78 is 48.4. The molecule has 0 saturated heterocycles. The van der Waals surface area contributed by atoms with E-state index in [1.807, 2.05) is 0 Å². The first-order chi connectivity index (χ1) is 13.8. The lowest BCUT2D eigenvalue weighted by atomic mass is 10.1. The van der Waals surface area contributed by atoms with E-state index in [1.54, 1.807) is 24.3 Å². The molecule has 8 nitrogen and oxygen atoms in total. The first kappa shape index (κ1) is 20.8. The van der Waals surface area contributed by atoms with Crippen molar-refractivity contribution in [2.45, 2.75) is 0 Å². The topological polar surface area (TPSA) is 93.9 Å². The van der Waals surface area contributed by atoms with Gasteiger partial charge in [-0.1, -0.05) is 11.6 Å². The Hall–Kier alpha value is -2.95. The van der Waals surface area contributed by atoms with Gasteiger partial charge in [-0.05, 0) is 30.3 Å². The van der Waals surface area contributed by atoms with Crippen LogP contribution in [0.25, 0.3) is 5.69 Å². The van der Waals surface area contributed by atoms with Gasteiger partial charge in [0.2, 0.25) is 0 Å². The van der Waals surface area contributed by atoms with Gasteiger partial charge in [-0.2, -0.15) is 5.10 Å². The molecule has 11 heteroatoms. The van der Waals surface area contributed by atoms with Crippen molar-refractivity contribution in [1.29, 1.82) is 0 Å². The molecule has 0 spiro atoms. The van der Waals surface area contributed by atoms with Crippen molar-refractivity contribution in [3.8, 4) is 11.4 Å². The highest BCUT2D eigenvalue weighted by atomic mass is 35.5. The number of nitrogens with zero attached hydrogens (tertiary/aromatic N) is 3. The summed E-state index contributed by atoms with van der Waals surface area (Å²) in [4.78, 5) is 11.7. The number of ether oxygens (including phenoxy) is 2. The van der Waals surface area contributed by atoms with Gasteiger partial charge in [0.15, 0.2) is 0 Å². The number of anilines is 2. The lowest BCUT2D eigenvalue weighted by Crippen LogP contribution is -2.20. The number of rotatable bonds is 6. The summed E-state index contributed by atoms with van der Waals surface area (Å²) in [6.45, 7) is 0. The van der Waals surface area contributed by atoms with Crippen LogP contribution in [0, 0.1) is 5.82 Å². The molecule has 0 fully saturated rings. The Bertz CT molecular complexity index is 1070. The molecular weight excluding hydrogens is 425 g/mol. The lowest BCUT2D eigenvalue weighted by molar-refractivity contribution is 0.0595. The third-order valence-electron chi connectivity index (χ3n) is 3.94. The average Bonchev–Trinajstić information content (AvgIpc) is 3.17. The highest BCUT2D eigenvalue weighted by Crippen LogP contribution is 2.37. The van der Waals surface area contributed by atoms with Crippen LogP contribution in [-0.2, 0) is 16.0 Å². The molecule has 1 heterocycles. The summed E-state index contributed by atoms with van der Waals surface area (Å²) in [5.41, 5.74) is 0.399. The molecule has 2 aromatic carbocycles. The van der Waals surface area contributed by atoms with Crippen LogP contribution in [0.3, 0.4) is 0 Å². The zero-order chi connectivity index (χ0) is 21.1. The lowest BCUT2D eigenvalue weighted by Gasteiger charge is -2.21. The van der Waals surface area contributed by atoms with E-state index < -0.39 is 23.1 Å². The van der Waals surface area contributed by atoms with Gasteiger partial charge in [0, 0.05) is 11.1 Å². The quantitative estimate of drug-likeness (QED) is 0.464. The largest absolute Gasteiger partial charge is 0.495 e. The van der Waals surface area contributed by atoms with Crippen LogP contribution in [-0.4, -0.2) is 38.7 Å². The molecule has 1 atom stereocenters. The van der Waals surface area contributed by atoms with Gasteiger partial charge >= 0.3 is 5.97 Å². The summed E-state index contributed by atoms with van der Waals surface area (Å²) in [5, 5.41) is 4.71. The Morgan fingerprint density at radius 1 is 1.28 bits per heavy atom. The minimum atomic E-state index is -2.60. The molecule has 1 N–H and O–H groups in total. The SMILES string of the molecule is COC(=O)c1cc(OC)c(N(c2cnn(-c3ccc(Cl)cc3)c2)S(=O)O)cc1F. The molecule has 3 rings (SSSR count). The van der Waals surface area contributed by atoms with Crippen LogP contribution in [0.2, 0.25) is 5.02 Å². The van der Waals surface area contributed by atoms with Crippen LogP contribution >= 0.6 is 11.6 Å². The number of aromatic nitrogens is 2. The van der Waals surface area contributed by atoms with Gasteiger partial charge in [0.1, 0.15) is 17.3 Å². The summed E-state index contributed by atoms with van der Waals surface area (Å²) in [6.07, 6.45) is 2.80. The minimum absolute atomic E-state index is 0.00607. The number of halogens is 2. The fraction of sp³-hybridized carbons (Fsp3) is 0.111. The van der Waals surface area contributed by atoms with E-state index in [-0.39, 0.29) is 22.7 Å². The molecule has 3 aromatic rings. The molecule has 0 bridgehead atoms. The van der Waals surface area contributed by atoms with Crippen molar-refractivity contribution in [1.82, 2.24) is 9.78 Å². The third-order valence-corrected chi connectivity index (χ3v) is 4.92. The van der Waals surface area contributed by atoms with Gasteiger partial charge < -0.3 is 9.47 Å². The number of methoxy groups -OCH3 is 2. The normalized spacial score (nSPS) is 11.8. The van der Waals surface area contributed by atoms with Gasteiger partial charge in [-0.25, -0.2) is 22.4 Å². The smallest absolute Gasteiger partial charge is 0.340 e. The molecule has 0 radical (unpaired) electrons. The second kappa shape index (κ2) is 8.60. The predicted octanol–water partition coefficient (Wildman–Crippen LogP) is 3.73. The second-order valence-corrected chi connectivity index (χ2v) is 6.90. The minimum Gasteiger partial charge on any atom is -0.495 e. The number of carbonyl (C=O) groups excluding carboxylic acids is 1. The maximum Gasteiger partial charge on any atom is 0.340 e. The van der Waals surface area contributed by atoms with E-state index in [1.165, 1.54) is 24.2 Å². The molecule has 0 amide bonds. The highest BCUT2D eigenvalue weighted by molar-refractivity contribution is 7.81. The van der Waals surface area contributed by atoms with Crippen molar-refractivity contribution in [2.75, 3.05) is 18.5 Å². The van der Waals surface area contributed by atoms with Crippen molar-refractivity contribution in [3.05, 3.63) is 65.2 Å². The van der Waals surface area contributed by atoms with E-state index in [9.17, 15) is 17.9 Å². The third kappa shape index (κ3) is 4.24. The molecule has 0 aliphatic carbocycles. The molecule has 29 heavy (non-hydrogen) atoms. The van der Waals surface area contributed by atoms with E-state index in [4.69, 9.17) is 16.3 Å². The van der Waals surface area contributed by atoms with Gasteiger partial charge in [-0.3, -0.25) is 4.55 Å². The number of benzene rings is 2. The Labute approximate surface area is 172 Å². The van der Waals surface area contributed by atoms with Gasteiger partial charge in [0.05, 0.1) is 43.6 Å². The predicted molar refractivity (Wildman–Crippen MR) is 106 cm³/mol. The van der Waals surface area contributed by atoms with Crippen LogP contribution in [0.5, 0.6) is 5.75 Å². The van der Waals surface area contributed by atoms with Crippen LogP contribution < -0.4 is 9.04 Å². The molecule has 0 aliphatic heterocycles. The first-order valence-electron chi connectivity index (χ1n) is 8.03. The Balaban J connectivity index is 2.07. The summed E-state index contributed by atoms with van der Waals surface area (Å²) in [7, 11) is 2.40. The Morgan fingerprint density at radius 3 is 2.55 bits per heavy atom. The van der Waals surface area contributed by atoms with E-state index >= 15 is 0 Å². The molecule has 0 aliphatic rings. The maximum absolute atomic E-state index is 14.5. The first-order valence-corrected chi connectivity index (χ1v) is 9.47. The van der Waals surface area contributed by atoms with E-state index in [0.717, 1.165) is 23.5 Å². The number of hydrogen-bond donors (Lipinski definition) is 1. The molecule has 1 aromatic heterocycles. The second-order valence-electron chi connectivity index (χ2n) is 5.64. The summed E-state index contributed by atoms with van der Waals surface area (Å²) in [5.74, 6) is -1.85. The summed E-state index contributed by atoms with van der Waals surface area (Å²) >= 11 is 3.28. The standard InChI is InChI=1S/C18H15ClFN3O5S/c1-27-17-7-14(18(24)28-2)15(20)8-16(17)23(29(25)26)13-9-21-22(10-13)12-5-3-11(19)4-6-12/h3-10H,1-2H3,(H,25,26). The van der Waals surface area contributed by atoms with Crippen molar-refractivity contribution in [3.63, 3.8) is 0 Å². The van der Waals surface area contributed by atoms with Crippen LogP contribution in [0.15, 0.2) is 48.8 Å². The molecule has 152 valence electrons. The van der Waals surface area contributed by atoms with Crippen LogP contribution in [0.4, 0.5) is 15.8 Å². The number of carbonyl (C=O) groups is 1. The van der Waals surface area contributed by atoms with Gasteiger partial charge in [-0.15, -0.1) is 0 Å². The van der Waals surface area contributed by atoms with Crippen molar-refractivity contribution < 1.29 is 27.4 Å². The van der Waals surface area contributed by atoms with E-state index in [0.29, 0.717) is 10.7 Å². The Morgan fingerprint density at radius 2 is 1.97 bits per heavy atom. The fourth-order valence-electron chi connectivity index (χ4n) is 2.60. The Kier molecular flexibility index (Phi) is 6.16. The maximum atomic E-state index is 14.5. The zero-order valence-corrected chi connectivity index (χ0v) is 16.8. The van der Waals surface area contributed by atoms with Gasteiger partial charge in [0.25, 0.3) is 11.3 Å². The zero-order valence-electron chi connectivity index (χ0n) is 15.2. The molecule has 0 saturated carbocycles. The average molecular weight is 440 g/mol. The van der Waals surface area contributed by atoms with Crippen molar-refractivity contribution in [2.24, 2.45) is 0 Å². The molecule has 1 unspecified atom stereocenters.